The van der Waals surface area contributed by atoms with E-state index < -0.39 is 0 Å². The molecule has 0 N–H and O–H groups in total. The molecule has 0 aromatic heterocycles. The van der Waals surface area contributed by atoms with Crippen LogP contribution in [-0.4, -0.2) is 12.8 Å². The van der Waals surface area contributed by atoms with Gasteiger partial charge in [0.2, 0.25) is 0 Å². The highest BCUT2D eigenvalue weighted by Crippen LogP contribution is 2.09. The summed E-state index contributed by atoms with van der Waals surface area (Å²) in [7, 11) is 0. The van der Waals surface area contributed by atoms with Gasteiger partial charge >= 0.3 is 0 Å². The highest BCUT2D eigenvalue weighted by atomic mass is 14.7. The maximum absolute atomic E-state index is 4.32. The number of nitrogens with zero attached hydrogens (tertiary/aromatic N) is 1. The molecule has 0 rings (SSSR count). The van der Waals surface area contributed by atoms with Crippen molar-refractivity contribution in [3.05, 3.63) is 0 Å². The molecule has 0 unspecified atom stereocenters. The van der Waals surface area contributed by atoms with E-state index in [1.807, 2.05) is 6.21 Å². The minimum absolute atomic E-state index is 1.05. The molecule has 1 nitrogen and oxygen atoms in total. The van der Waals surface area contributed by atoms with Gasteiger partial charge in [0, 0.05) is 6.54 Å². The van der Waals surface area contributed by atoms with E-state index in [0.29, 0.717) is 0 Å². The van der Waals surface area contributed by atoms with Crippen LogP contribution in [-0.2, 0) is 0 Å². The second-order valence-electron chi connectivity index (χ2n) is 4.33. The Morgan fingerprint density at radius 2 is 1.27 bits per heavy atom. The molecular formula is C14H29N. The van der Waals surface area contributed by atoms with E-state index in [0.717, 1.165) is 13.0 Å². The maximum Gasteiger partial charge on any atom is 0.0385 e. The zero-order valence-electron chi connectivity index (χ0n) is 10.8. The molecule has 0 aromatic carbocycles. The van der Waals surface area contributed by atoms with Crippen molar-refractivity contribution in [1.29, 1.82) is 0 Å². The third-order valence-corrected chi connectivity index (χ3v) is 2.70. The van der Waals surface area contributed by atoms with E-state index in [1.54, 1.807) is 0 Å². The van der Waals surface area contributed by atoms with Crippen LogP contribution in [0.2, 0.25) is 0 Å². The van der Waals surface area contributed by atoms with Crippen molar-refractivity contribution < 1.29 is 0 Å². The number of hydrogen-bond donors (Lipinski definition) is 0. The van der Waals surface area contributed by atoms with Gasteiger partial charge in [0.15, 0.2) is 0 Å². The van der Waals surface area contributed by atoms with Crippen molar-refractivity contribution >= 4 is 6.21 Å². The molecule has 90 valence electrons. The molecule has 0 heterocycles. The molecule has 0 amide bonds. The average molecular weight is 211 g/mol. The highest BCUT2D eigenvalue weighted by Gasteiger charge is 1.90. The summed E-state index contributed by atoms with van der Waals surface area (Å²) in [6.45, 7) is 5.46. The number of unbranched alkanes of at least 4 members (excludes halogenated alkanes) is 8. The topological polar surface area (TPSA) is 12.4 Å². The SMILES string of the molecule is CCC=NCCCCCCCCCCC. The predicted octanol–water partition coefficient (Wildman–Crippen LogP) is 5.00. The maximum atomic E-state index is 4.32. The van der Waals surface area contributed by atoms with E-state index >= 15 is 0 Å². The van der Waals surface area contributed by atoms with Crippen LogP contribution < -0.4 is 0 Å². The Labute approximate surface area is 96.4 Å². The lowest BCUT2D eigenvalue weighted by atomic mass is 10.1. The third-order valence-electron chi connectivity index (χ3n) is 2.70. The van der Waals surface area contributed by atoms with Gasteiger partial charge in [-0.3, -0.25) is 4.99 Å². The highest BCUT2D eigenvalue weighted by molar-refractivity contribution is 5.56. The second-order valence-corrected chi connectivity index (χ2v) is 4.33. The van der Waals surface area contributed by atoms with Gasteiger partial charge < -0.3 is 0 Å². The lowest BCUT2D eigenvalue weighted by molar-refractivity contribution is 0.567. The summed E-state index contributed by atoms with van der Waals surface area (Å²) in [6, 6.07) is 0. The molecule has 0 radical (unpaired) electrons. The molecule has 0 aliphatic carbocycles. The Kier molecular flexibility index (Phi) is 13.4. The Hall–Kier alpha value is -0.330. The summed E-state index contributed by atoms with van der Waals surface area (Å²) in [4.78, 5) is 4.32. The van der Waals surface area contributed by atoms with Crippen LogP contribution in [0.1, 0.15) is 78.1 Å². The third kappa shape index (κ3) is 13.7. The first-order chi connectivity index (χ1) is 7.41. The summed E-state index contributed by atoms with van der Waals surface area (Å²) in [6.07, 6.45) is 15.7. The van der Waals surface area contributed by atoms with Crippen molar-refractivity contribution in [1.82, 2.24) is 0 Å². The first-order valence-electron chi connectivity index (χ1n) is 6.90. The lowest BCUT2D eigenvalue weighted by Gasteiger charge is -2.00. The normalized spacial score (nSPS) is 11.3. The van der Waals surface area contributed by atoms with Crippen molar-refractivity contribution in [3.8, 4) is 0 Å². The van der Waals surface area contributed by atoms with Crippen LogP contribution in [0.25, 0.3) is 0 Å². The molecule has 0 aliphatic heterocycles. The fourth-order valence-corrected chi connectivity index (χ4v) is 1.73. The van der Waals surface area contributed by atoms with E-state index in [4.69, 9.17) is 0 Å². The molecular weight excluding hydrogens is 182 g/mol. The number of aliphatic imine (C=N–C) groups is 1. The van der Waals surface area contributed by atoms with Crippen LogP contribution in [0, 0.1) is 0 Å². The standard InChI is InChI=1S/C14H29N/c1-3-5-6-7-8-9-10-11-12-14-15-13-4-2/h13H,3-12,14H2,1-2H3. The molecule has 0 saturated carbocycles. The van der Waals surface area contributed by atoms with Crippen LogP contribution in [0.15, 0.2) is 4.99 Å². The van der Waals surface area contributed by atoms with Crippen molar-refractivity contribution in [2.75, 3.05) is 6.54 Å². The molecule has 15 heavy (non-hydrogen) atoms. The van der Waals surface area contributed by atoms with Gasteiger partial charge in [0.05, 0.1) is 0 Å². The molecule has 0 bridgehead atoms. The van der Waals surface area contributed by atoms with Crippen LogP contribution in [0.5, 0.6) is 0 Å². The van der Waals surface area contributed by atoms with Gasteiger partial charge in [-0.2, -0.15) is 0 Å². The number of rotatable bonds is 11. The molecule has 1 heteroatoms. The van der Waals surface area contributed by atoms with E-state index in [9.17, 15) is 0 Å². The van der Waals surface area contributed by atoms with Crippen LogP contribution in [0.4, 0.5) is 0 Å². The Morgan fingerprint density at radius 1 is 0.733 bits per heavy atom. The monoisotopic (exact) mass is 211 g/mol. The Morgan fingerprint density at radius 3 is 1.80 bits per heavy atom. The minimum atomic E-state index is 1.05. The fraction of sp³-hybridized carbons (Fsp3) is 0.929. The van der Waals surface area contributed by atoms with Gasteiger partial charge in [0.1, 0.15) is 0 Å². The predicted molar refractivity (Wildman–Crippen MR) is 70.9 cm³/mol. The van der Waals surface area contributed by atoms with E-state index in [1.165, 1.54) is 57.8 Å². The summed E-state index contributed by atoms with van der Waals surface area (Å²) < 4.78 is 0. The van der Waals surface area contributed by atoms with Crippen molar-refractivity contribution in [2.24, 2.45) is 4.99 Å². The Balaban J connectivity index is 2.89. The van der Waals surface area contributed by atoms with Gasteiger partial charge in [0.25, 0.3) is 0 Å². The van der Waals surface area contributed by atoms with Crippen molar-refractivity contribution in [2.45, 2.75) is 78.1 Å². The Bertz CT molecular complexity index is 129. The van der Waals surface area contributed by atoms with Gasteiger partial charge in [-0.1, -0.05) is 65.2 Å². The first-order valence-corrected chi connectivity index (χ1v) is 6.90. The summed E-state index contributed by atoms with van der Waals surface area (Å²) >= 11 is 0. The molecule has 0 fully saturated rings. The van der Waals surface area contributed by atoms with Gasteiger partial charge in [-0.15, -0.1) is 0 Å². The van der Waals surface area contributed by atoms with E-state index in [2.05, 4.69) is 18.8 Å². The van der Waals surface area contributed by atoms with Gasteiger partial charge in [-0.25, -0.2) is 0 Å². The molecule has 0 aliphatic rings. The number of hydrogen-bond acceptors (Lipinski definition) is 1. The largest absolute Gasteiger partial charge is 0.298 e. The summed E-state index contributed by atoms with van der Waals surface area (Å²) in [5.41, 5.74) is 0. The first kappa shape index (κ1) is 14.7. The van der Waals surface area contributed by atoms with Crippen LogP contribution in [0.3, 0.4) is 0 Å². The van der Waals surface area contributed by atoms with Crippen LogP contribution >= 0.6 is 0 Å². The fourth-order valence-electron chi connectivity index (χ4n) is 1.73. The molecule has 0 saturated heterocycles. The second kappa shape index (κ2) is 13.7. The average Bonchev–Trinajstić information content (AvgIpc) is 2.26. The molecule has 0 atom stereocenters. The summed E-state index contributed by atoms with van der Waals surface area (Å²) in [5, 5.41) is 0. The molecule has 0 spiro atoms. The van der Waals surface area contributed by atoms with E-state index in [-0.39, 0.29) is 0 Å². The zero-order chi connectivity index (χ0) is 11.2. The quantitative estimate of drug-likeness (QED) is 0.337. The minimum Gasteiger partial charge on any atom is -0.298 e. The summed E-state index contributed by atoms with van der Waals surface area (Å²) in [5.74, 6) is 0. The lowest BCUT2D eigenvalue weighted by Crippen LogP contribution is -1.84. The van der Waals surface area contributed by atoms with Gasteiger partial charge in [-0.05, 0) is 19.1 Å². The molecule has 0 aromatic rings. The zero-order valence-corrected chi connectivity index (χ0v) is 10.8. The van der Waals surface area contributed by atoms with Crippen molar-refractivity contribution in [3.63, 3.8) is 0 Å². The smallest absolute Gasteiger partial charge is 0.0385 e.